The molecule has 3 aromatic carbocycles. The van der Waals surface area contributed by atoms with Gasteiger partial charge in [0.15, 0.2) is 11.6 Å². The van der Waals surface area contributed by atoms with E-state index in [-0.39, 0.29) is 11.7 Å². The zero-order valence-electron chi connectivity index (χ0n) is 16.5. The monoisotopic (exact) mass is 404 g/mol. The van der Waals surface area contributed by atoms with Crippen LogP contribution in [0.2, 0.25) is 0 Å². The number of amides is 1. The fourth-order valence-electron chi connectivity index (χ4n) is 3.48. The number of methoxy groups -OCH3 is 1. The number of nitrogens with one attached hydrogen (secondary N) is 1. The van der Waals surface area contributed by atoms with Crippen molar-refractivity contribution in [1.82, 2.24) is 20.3 Å². The van der Waals surface area contributed by atoms with Crippen molar-refractivity contribution in [3.05, 3.63) is 78.4 Å². The number of ether oxygens (including phenoxy) is 1. The van der Waals surface area contributed by atoms with E-state index in [2.05, 4.69) is 15.6 Å². The molecule has 0 saturated heterocycles. The summed E-state index contributed by atoms with van der Waals surface area (Å²) in [7, 11) is 1.44. The summed E-state index contributed by atoms with van der Waals surface area (Å²) in [4.78, 5) is 12.8. The van der Waals surface area contributed by atoms with E-state index in [0.717, 1.165) is 28.3 Å². The zero-order chi connectivity index (χ0) is 20.9. The molecule has 0 aliphatic heterocycles. The topological polar surface area (TPSA) is 69.0 Å². The molecule has 0 fully saturated rings. The minimum absolute atomic E-state index is 0.131. The van der Waals surface area contributed by atoms with Crippen LogP contribution in [0.3, 0.4) is 0 Å². The summed E-state index contributed by atoms with van der Waals surface area (Å²) in [6, 6.07) is 16.2. The number of carbonyl (C=O) groups is 1. The lowest BCUT2D eigenvalue weighted by atomic mass is 9.95. The van der Waals surface area contributed by atoms with Gasteiger partial charge in [0, 0.05) is 24.8 Å². The van der Waals surface area contributed by atoms with Gasteiger partial charge in [-0.2, -0.15) is 0 Å². The van der Waals surface area contributed by atoms with Crippen molar-refractivity contribution in [2.24, 2.45) is 0 Å². The Morgan fingerprint density at radius 2 is 1.97 bits per heavy atom. The molecular formula is C23H21FN4O2. The van der Waals surface area contributed by atoms with E-state index < -0.39 is 5.82 Å². The third-order valence-corrected chi connectivity index (χ3v) is 4.95. The Morgan fingerprint density at radius 3 is 2.77 bits per heavy atom. The summed E-state index contributed by atoms with van der Waals surface area (Å²) >= 11 is 0. The third-order valence-electron chi connectivity index (χ3n) is 4.95. The van der Waals surface area contributed by atoms with Crippen LogP contribution in [0.15, 0.2) is 67.0 Å². The molecule has 7 heteroatoms. The predicted molar refractivity (Wildman–Crippen MR) is 113 cm³/mol. The zero-order valence-corrected chi connectivity index (χ0v) is 16.5. The molecule has 6 nitrogen and oxygen atoms in total. The van der Waals surface area contributed by atoms with Gasteiger partial charge in [0.1, 0.15) is 0 Å². The number of halogens is 1. The molecular weight excluding hydrogens is 383 g/mol. The van der Waals surface area contributed by atoms with Gasteiger partial charge >= 0.3 is 0 Å². The highest BCUT2D eigenvalue weighted by atomic mass is 19.1. The van der Waals surface area contributed by atoms with Gasteiger partial charge in [0.2, 0.25) is 0 Å². The molecule has 1 N–H and O–H groups in total. The Labute approximate surface area is 173 Å². The fraction of sp³-hybridized carbons (Fsp3) is 0.174. The number of aromatic nitrogens is 3. The lowest BCUT2D eigenvalue weighted by Gasteiger charge is -2.12. The molecule has 0 unspecified atom stereocenters. The van der Waals surface area contributed by atoms with E-state index >= 15 is 0 Å². The summed E-state index contributed by atoms with van der Waals surface area (Å²) in [5, 5.41) is 12.4. The van der Waals surface area contributed by atoms with Crippen molar-refractivity contribution in [3.63, 3.8) is 0 Å². The predicted octanol–water partition coefficient (Wildman–Crippen LogP) is 4.07. The van der Waals surface area contributed by atoms with Gasteiger partial charge in [0.25, 0.3) is 5.91 Å². The van der Waals surface area contributed by atoms with Gasteiger partial charge in [-0.25, -0.2) is 4.39 Å². The Balaban J connectivity index is 1.58. The molecule has 1 heterocycles. The smallest absolute Gasteiger partial charge is 0.251 e. The first-order valence-electron chi connectivity index (χ1n) is 9.65. The largest absolute Gasteiger partial charge is 0.494 e. The lowest BCUT2D eigenvalue weighted by molar-refractivity contribution is 0.0954. The molecule has 0 bridgehead atoms. The van der Waals surface area contributed by atoms with Crippen LogP contribution in [0.4, 0.5) is 4.39 Å². The molecule has 152 valence electrons. The molecule has 0 aliphatic carbocycles. The quantitative estimate of drug-likeness (QED) is 0.472. The summed E-state index contributed by atoms with van der Waals surface area (Å²) < 4.78 is 20.7. The SMILES string of the molecule is COc1cc(-c2cccc3c(C(=O)NCCCn4ccnn4)cccc23)ccc1F. The minimum atomic E-state index is -0.410. The van der Waals surface area contributed by atoms with E-state index in [9.17, 15) is 9.18 Å². The van der Waals surface area contributed by atoms with E-state index in [0.29, 0.717) is 18.7 Å². The van der Waals surface area contributed by atoms with Crippen LogP contribution in [0.1, 0.15) is 16.8 Å². The fourth-order valence-corrected chi connectivity index (χ4v) is 3.48. The average Bonchev–Trinajstić information content (AvgIpc) is 3.30. The minimum Gasteiger partial charge on any atom is -0.494 e. The maximum absolute atomic E-state index is 13.8. The van der Waals surface area contributed by atoms with Crippen molar-refractivity contribution in [2.75, 3.05) is 13.7 Å². The molecule has 0 radical (unpaired) electrons. The number of nitrogens with zero attached hydrogens (tertiary/aromatic N) is 3. The van der Waals surface area contributed by atoms with Gasteiger partial charge < -0.3 is 10.1 Å². The second kappa shape index (κ2) is 8.73. The van der Waals surface area contributed by atoms with E-state index in [1.165, 1.54) is 13.2 Å². The van der Waals surface area contributed by atoms with Crippen molar-refractivity contribution >= 4 is 16.7 Å². The van der Waals surface area contributed by atoms with E-state index in [4.69, 9.17) is 4.74 Å². The van der Waals surface area contributed by atoms with Crippen LogP contribution in [0.5, 0.6) is 5.75 Å². The second-order valence-corrected chi connectivity index (χ2v) is 6.83. The van der Waals surface area contributed by atoms with Gasteiger partial charge in [-0.15, -0.1) is 5.10 Å². The summed E-state index contributed by atoms with van der Waals surface area (Å²) in [6.45, 7) is 1.22. The molecule has 0 saturated carbocycles. The number of benzene rings is 3. The average molecular weight is 404 g/mol. The van der Waals surface area contributed by atoms with Crippen LogP contribution < -0.4 is 10.1 Å². The third kappa shape index (κ3) is 4.00. The van der Waals surface area contributed by atoms with Gasteiger partial charge in [0.05, 0.1) is 13.3 Å². The molecule has 30 heavy (non-hydrogen) atoms. The van der Waals surface area contributed by atoms with E-state index in [1.807, 2.05) is 36.4 Å². The summed E-state index contributed by atoms with van der Waals surface area (Å²) in [6.07, 6.45) is 4.17. The number of hydrogen-bond donors (Lipinski definition) is 1. The Kier molecular flexibility index (Phi) is 5.70. The Bertz CT molecular complexity index is 1180. The number of hydrogen-bond acceptors (Lipinski definition) is 4. The highest BCUT2D eigenvalue weighted by Gasteiger charge is 2.13. The van der Waals surface area contributed by atoms with Crippen molar-refractivity contribution in [1.29, 1.82) is 0 Å². The number of rotatable bonds is 7. The molecule has 0 atom stereocenters. The lowest BCUT2D eigenvalue weighted by Crippen LogP contribution is -2.25. The van der Waals surface area contributed by atoms with Crippen molar-refractivity contribution in [2.45, 2.75) is 13.0 Å². The van der Waals surface area contributed by atoms with Gasteiger partial charge in [-0.3, -0.25) is 9.48 Å². The van der Waals surface area contributed by atoms with Crippen LogP contribution in [0, 0.1) is 5.82 Å². The molecule has 4 rings (SSSR count). The highest BCUT2D eigenvalue weighted by Crippen LogP contribution is 2.33. The molecule has 0 aliphatic rings. The highest BCUT2D eigenvalue weighted by molar-refractivity contribution is 6.10. The summed E-state index contributed by atoms with van der Waals surface area (Å²) in [5.41, 5.74) is 2.33. The molecule has 1 aromatic heterocycles. The van der Waals surface area contributed by atoms with Crippen molar-refractivity contribution < 1.29 is 13.9 Å². The normalized spacial score (nSPS) is 10.9. The maximum Gasteiger partial charge on any atom is 0.251 e. The first kappa shape index (κ1) is 19.6. The second-order valence-electron chi connectivity index (χ2n) is 6.83. The van der Waals surface area contributed by atoms with Crippen molar-refractivity contribution in [3.8, 4) is 16.9 Å². The maximum atomic E-state index is 13.8. The van der Waals surface area contributed by atoms with Gasteiger partial charge in [-0.1, -0.05) is 41.6 Å². The van der Waals surface area contributed by atoms with Crippen LogP contribution in [0.25, 0.3) is 21.9 Å². The molecule has 0 spiro atoms. The Morgan fingerprint density at radius 1 is 1.13 bits per heavy atom. The van der Waals surface area contributed by atoms with Crippen LogP contribution in [-0.2, 0) is 6.54 Å². The number of fused-ring (bicyclic) bond motifs is 1. The van der Waals surface area contributed by atoms with Gasteiger partial charge in [-0.05, 0) is 46.5 Å². The first-order chi connectivity index (χ1) is 14.7. The number of carbonyl (C=O) groups excluding carboxylic acids is 1. The Hall–Kier alpha value is -3.74. The van der Waals surface area contributed by atoms with Crippen LogP contribution in [-0.4, -0.2) is 34.6 Å². The van der Waals surface area contributed by atoms with E-state index in [1.54, 1.807) is 29.2 Å². The first-order valence-corrected chi connectivity index (χ1v) is 9.65. The molecule has 1 amide bonds. The summed E-state index contributed by atoms with van der Waals surface area (Å²) in [5.74, 6) is -0.355. The number of aryl methyl sites for hydroxylation is 1. The standard InChI is InChI=1S/C23H21FN4O2/c1-30-22-15-16(9-10-21(22)24)17-5-2-7-19-18(17)6-3-8-20(19)23(29)25-11-4-13-28-14-12-26-27-28/h2-3,5-10,12,14-15H,4,11,13H2,1H3,(H,25,29). The molecule has 4 aromatic rings. The van der Waals surface area contributed by atoms with Crippen LogP contribution >= 0.6 is 0 Å².